The number of aryl methyl sites for hydroxylation is 2. The summed E-state index contributed by atoms with van der Waals surface area (Å²) in [4.78, 5) is 11.8. The largest absolute Gasteiger partial charge is 0.294 e. The molecule has 0 amide bonds. The molecule has 1 heterocycles. The zero-order valence-corrected chi connectivity index (χ0v) is 9.86. The second-order valence-corrected chi connectivity index (χ2v) is 3.97. The molecule has 0 fully saturated rings. The van der Waals surface area contributed by atoms with Gasteiger partial charge in [0, 0.05) is 25.4 Å². The molecule has 0 bridgehead atoms. The van der Waals surface area contributed by atoms with Crippen LogP contribution in [0.15, 0.2) is 30.5 Å². The van der Waals surface area contributed by atoms with Crippen molar-refractivity contribution in [2.24, 2.45) is 7.05 Å². The number of hydrogen-bond acceptors (Lipinski definition) is 2. The minimum Gasteiger partial charge on any atom is -0.294 e. The lowest BCUT2D eigenvalue weighted by Crippen LogP contribution is -2.08. The van der Waals surface area contributed by atoms with Crippen LogP contribution in [0.4, 0.5) is 8.78 Å². The normalized spacial score (nSPS) is 10.6. The topological polar surface area (TPSA) is 34.9 Å². The number of Topliss-reactive ketones (excluding diaryl/α,β-unsaturated/α-hetero) is 1. The van der Waals surface area contributed by atoms with Gasteiger partial charge in [0.1, 0.15) is 11.6 Å². The quantitative estimate of drug-likeness (QED) is 0.781. The predicted octanol–water partition coefficient (Wildman–Crippen LogP) is 2.51. The third-order valence-electron chi connectivity index (χ3n) is 2.77. The van der Waals surface area contributed by atoms with Gasteiger partial charge >= 0.3 is 0 Å². The molecule has 0 saturated heterocycles. The highest BCUT2D eigenvalue weighted by Crippen LogP contribution is 2.15. The van der Waals surface area contributed by atoms with E-state index in [4.69, 9.17) is 0 Å². The van der Waals surface area contributed by atoms with Crippen LogP contribution in [0, 0.1) is 11.6 Å². The number of halogens is 2. The van der Waals surface area contributed by atoms with E-state index in [0.717, 1.165) is 17.8 Å². The van der Waals surface area contributed by atoms with Gasteiger partial charge in [0.15, 0.2) is 5.78 Å². The molecule has 2 rings (SSSR count). The number of benzene rings is 1. The number of rotatable bonds is 4. The summed E-state index contributed by atoms with van der Waals surface area (Å²) < 4.78 is 28.4. The highest BCUT2D eigenvalue weighted by atomic mass is 19.1. The molecule has 0 radical (unpaired) electrons. The van der Waals surface area contributed by atoms with E-state index >= 15 is 0 Å². The predicted molar refractivity (Wildman–Crippen MR) is 62.2 cm³/mol. The molecule has 1 aromatic carbocycles. The summed E-state index contributed by atoms with van der Waals surface area (Å²) >= 11 is 0. The van der Waals surface area contributed by atoms with E-state index < -0.39 is 23.0 Å². The number of carbonyl (C=O) groups excluding carboxylic acids is 1. The fourth-order valence-electron chi connectivity index (χ4n) is 1.78. The zero-order valence-electron chi connectivity index (χ0n) is 9.86. The van der Waals surface area contributed by atoms with Crippen LogP contribution < -0.4 is 0 Å². The van der Waals surface area contributed by atoms with Gasteiger partial charge in [-0.15, -0.1) is 0 Å². The Hall–Kier alpha value is -2.04. The summed E-state index contributed by atoms with van der Waals surface area (Å²) in [6.45, 7) is 0. The van der Waals surface area contributed by atoms with Gasteiger partial charge in [-0.3, -0.25) is 9.48 Å². The molecule has 18 heavy (non-hydrogen) atoms. The van der Waals surface area contributed by atoms with E-state index in [2.05, 4.69) is 5.10 Å². The molecule has 0 aliphatic carbocycles. The summed E-state index contributed by atoms with van der Waals surface area (Å²) in [6.07, 6.45) is 2.07. The van der Waals surface area contributed by atoms with Crippen LogP contribution in [-0.2, 0) is 13.5 Å². The Balaban J connectivity index is 2.11. The Morgan fingerprint density at radius 3 is 2.50 bits per heavy atom. The SMILES string of the molecule is Cn1nccc1CCC(=O)c1c(F)cccc1F. The molecule has 0 spiro atoms. The fourth-order valence-corrected chi connectivity index (χ4v) is 1.78. The van der Waals surface area contributed by atoms with Gasteiger partial charge in [-0.05, 0) is 24.6 Å². The minimum atomic E-state index is -0.815. The Kier molecular flexibility index (Phi) is 3.50. The Labute approximate surface area is 103 Å². The molecule has 0 saturated carbocycles. The first kappa shape index (κ1) is 12.4. The number of hydrogen-bond donors (Lipinski definition) is 0. The molecular weight excluding hydrogens is 238 g/mol. The van der Waals surface area contributed by atoms with E-state index in [1.54, 1.807) is 24.0 Å². The van der Waals surface area contributed by atoms with Gasteiger partial charge in [0.2, 0.25) is 0 Å². The van der Waals surface area contributed by atoms with E-state index in [1.165, 1.54) is 6.07 Å². The fraction of sp³-hybridized carbons (Fsp3) is 0.231. The number of carbonyl (C=O) groups is 1. The summed E-state index contributed by atoms with van der Waals surface area (Å²) in [5.74, 6) is -2.16. The van der Waals surface area contributed by atoms with Crippen LogP contribution in [0.25, 0.3) is 0 Å². The molecule has 1 aromatic heterocycles. The number of ketones is 1. The first-order chi connectivity index (χ1) is 8.59. The van der Waals surface area contributed by atoms with E-state index in [-0.39, 0.29) is 6.42 Å². The average Bonchev–Trinajstić information content (AvgIpc) is 2.72. The Morgan fingerprint density at radius 1 is 1.28 bits per heavy atom. The third-order valence-corrected chi connectivity index (χ3v) is 2.77. The summed E-state index contributed by atoms with van der Waals surface area (Å²) in [5, 5.41) is 3.96. The number of nitrogens with zero attached hydrogens (tertiary/aromatic N) is 2. The van der Waals surface area contributed by atoms with Gasteiger partial charge in [-0.1, -0.05) is 6.07 Å². The smallest absolute Gasteiger partial charge is 0.169 e. The lowest BCUT2D eigenvalue weighted by molar-refractivity contribution is 0.0974. The van der Waals surface area contributed by atoms with Gasteiger partial charge in [-0.2, -0.15) is 5.10 Å². The lowest BCUT2D eigenvalue weighted by Gasteiger charge is -2.04. The molecule has 5 heteroatoms. The van der Waals surface area contributed by atoms with Crippen molar-refractivity contribution in [3.63, 3.8) is 0 Å². The van der Waals surface area contributed by atoms with Gasteiger partial charge in [0.05, 0.1) is 5.56 Å². The maximum absolute atomic E-state index is 13.4. The van der Waals surface area contributed by atoms with Gasteiger partial charge < -0.3 is 0 Å². The van der Waals surface area contributed by atoms with E-state index in [9.17, 15) is 13.6 Å². The van der Waals surface area contributed by atoms with Crippen LogP contribution in [0.3, 0.4) is 0 Å². The maximum atomic E-state index is 13.4. The molecule has 0 unspecified atom stereocenters. The molecular formula is C13H12F2N2O. The first-order valence-electron chi connectivity index (χ1n) is 5.53. The lowest BCUT2D eigenvalue weighted by atomic mass is 10.0. The summed E-state index contributed by atoms with van der Waals surface area (Å²) in [5.41, 5.74) is 0.389. The molecule has 0 atom stereocenters. The Bertz CT molecular complexity index is 558. The van der Waals surface area contributed by atoms with Crippen molar-refractivity contribution in [2.75, 3.05) is 0 Å². The van der Waals surface area contributed by atoms with Crippen molar-refractivity contribution in [1.29, 1.82) is 0 Å². The standard InChI is InChI=1S/C13H12F2N2O/c1-17-9(7-8-16-17)5-6-12(18)13-10(14)3-2-4-11(13)15/h2-4,7-8H,5-6H2,1H3. The van der Waals surface area contributed by atoms with E-state index in [0.29, 0.717) is 6.42 Å². The highest BCUT2D eigenvalue weighted by Gasteiger charge is 2.17. The van der Waals surface area contributed by atoms with Crippen molar-refractivity contribution in [2.45, 2.75) is 12.8 Å². The van der Waals surface area contributed by atoms with Crippen LogP contribution in [0.1, 0.15) is 22.5 Å². The van der Waals surface area contributed by atoms with Crippen molar-refractivity contribution in [3.05, 3.63) is 53.4 Å². The molecule has 2 aromatic rings. The van der Waals surface area contributed by atoms with Crippen molar-refractivity contribution < 1.29 is 13.6 Å². The van der Waals surface area contributed by atoms with Crippen LogP contribution in [-0.4, -0.2) is 15.6 Å². The molecule has 3 nitrogen and oxygen atoms in total. The third kappa shape index (κ3) is 2.45. The monoisotopic (exact) mass is 250 g/mol. The van der Waals surface area contributed by atoms with Crippen molar-refractivity contribution in [3.8, 4) is 0 Å². The highest BCUT2D eigenvalue weighted by molar-refractivity contribution is 5.96. The van der Waals surface area contributed by atoms with Crippen molar-refractivity contribution >= 4 is 5.78 Å². The number of aromatic nitrogens is 2. The molecule has 0 aliphatic heterocycles. The Morgan fingerprint density at radius 2 is 1.94 bits per heavy atom. The first-order valence-corrected chi connectivity index (χ1v) is 5.53. The average molecular weight is 250 g/mol. The van der Waals surface area contributed by atoms with E-state index in [1.807, 2.05) is 0 Å². The van der Waals surface area contributed by atoms with Gasteiger partial charge in [0.25, 0.3) is 0 Å². The maximum Gasteiger partial charge on any atom is 0.169 e. The van der Waals surface area contributed by atoms with Crippen LogP contribution >= 0.6 is 0 Å². The van der Waals surface area contributed by atoms with Crippen molar-refractivity contribution in [1.82, 2.24) is 9.78 Å². The summed E-state index contributed by atoms with van der Waals surface area (Å²) in [7, 11) is 1.75. The molecule has 94 valence electrons. The zero-order chi connectivity index (χ0) is 13.1. The molecule has 0 aliphatic rings. The second kappa shape index (κ2) is 5.08. The minimum absolute atomic E-state index is 0.0530. The summed E-state index contributed by atoms with van der Waals surface area (Å²) in [6, 6.07) is 5.17. The van der Waals surface area contributed by atoms with Crippen LogP contribution in [0.2, 0.25) is 0 Å². The van der Waals surface area contributed by atoms with Gasteiger partial charge in [-0.25, -0.2) is 8.78 Å². The molecule has 0 N–H and O–H groups in total. The van der Waals surface area contributed by atoms with Crippen LogP contribution in [0.5, 0.6) is 0 Å². The second-order valence-electron chi connectivity index (χ2n) is 3.97.